The molecule has 1 aliphatic rings. The van der Waals surface area contributed by atoms with Crippen LogP contribution in [0, 0.1) is 6.92 Å². The van der Waals surface area contributed by atoms with Crippen molar-refractivity contribution in [3.8, 4) is 0 Å². The zero-order chi connectivity index (χ0) is 17.5. The highest BCUT2D eigenvalue weighted by molar-refractivity contribution is 5.20. The van der Waals surface area contributed by atoms with Crippen LogP contribution in [-0.2, 0) is 4.84 Å². The molecule has 128 valence electrons. The molecule has 1 fully saturated rings. The molecule has 6 nitrogen and oxygen atoms in total. The maximum absolute atomic E-state index is 12.2. The molecule has 0 spiro atoms. The standard InChI is InChI=1S/C18H23N3O3/c1-12-11-20(17(23)19-16(12)22)15-10-14(13-8-6-5-7-9-13)21(24-15)18(2,3)4/h5-9,11,14-15H,10H2,1-4H3,(H,19,22,23)/t14-,15+/m1/s1. The Morgan fingerprint density at radius 2 is 1.83 bits per heavy atom. The van der Waals surface area contributed by atoms with E-state index < -0.39 is 11.9 Å². The maximum Gasteiger partial charge on any atom is 0.330 e. The van der Waals surface area contributed by atoms with E-state index in [-0.39, 0.29) is 17.1 Å². The van der Waals surface area contributed by atoms with E-state index >= 15 is 0 Å². The molecular weight excluding hydrogens is 306 g/mol. The Morgan fingerprint density at radius 3 is 2.46 bits per heavy atom. The lowest BCUT2D eigenvalue weighted by molar-refractivity contribution is -0.230. The Hall–Kier alpha value is -2.18. The summed E-state index contributed by atoms with van der Waals surface area (Å²) in [7, 11) is 0. The quantitative estimate of drug-likeness (QED) is 0.919. The molecule has 24 heavy (non-hydrogen) atoms. The van der Waals surface area contributed by atoms with Crippen molar-refractivity contribution in [2.75, 3.05) is 0 Å². The van der Waals surface area contributed by atoms with Gasteiger partial charge in [0.15, 0.2) is 6.23 Å². The smallest absolute Gasteiger partial charge is 0.274 e. The Morgan fingerprint density at radius 1 is 1.17 bits per heavy atom. The largest absolute Gasteiger partial charge is 0.330 e. The minimum absolute atomic E-state index is 0.0373. The van der Waals surface area contributed by atoms with Crippen LogP contribution in [0.3, 0.4) is 0 Å². The summed E-state index contributed by atoms with van der Waals surface area (Å²) >= 11 is 0. The van der Waals surface area contributed by atoms with Crippen molar-refractivity contribution in [3.63, 3.8) is 0 Å². The maximum atomic E-state index is 12.2. The van der Waals surface area contributed by atoms with Gasteiger partial charge < -0.3 is 0 Å². The number of rotatable bonds is 2. The SMILES string of the molecule is Cc1cn([C@@H]2C[C@H](c3ccccc3)N(C(C)(C)C)O2)c(=O)[nH]c1=O. The van der Waals surface area contributed by atoms with Gasteiger partial charge in [0, 0.05) is 23.7 Å². The molecule has 0 radical (unpaired) electrons. The second-order valence-corrected chi connectivity index (χ2v) is 7.20. The van der Waals surface area contributed by atoms with Gasteiger partial charge in [-0.05, 0) is 33.3 Å². The van der Waals surface area contributed by atoms with Crippen molar-refractivity contribution < 1.29 is 4.84 Å². The third-order valence-electron chi connectivity index (χ3n) is 4.24. The lowest BCUT2D eigenvalue weighted by Gasteiger charge is -2.35. The van der Waals surface area contributed by atoms with Gasteiger partial charge in [-0.2, -0.15) is 5.06 Å². The summed E-state index contributed by atoms with van der Waals surface area (Å²) in [6.45, 7) is 7.91. The number of aromatic amines is 1. The first-order chi connectivity index (χ1) is 11.3. The number of hydroxylamine groups is 2. The number of aromatic nitrogens is 2. The molecule has 2 heterocycles. The van der Waals surface area contributed by atoms with Crippen molar-refractivity contribution >= 4 is 0 Å². The van der Waals surface area contributed by atoms with Crippen LogP contribution in [0.5, 0.6) is 0 Å². The van der Waals surface area contributed by atoms with Crippen LogP contribution < -0.4 is 11.2 Å². The van der Waals surface area contributed by atoms with Crippen LogP contribution in [0.25, 0.3) is 0 Å². The molecule has 1 N–H and O–H groups in total. The van der Waals surface area contributed by atoms with Crippen LogP contribution in [0.15, 0.2) is 46.1 Å². The van der Waals surface area contributed by atoms with Gasteiger partial charge in [0.05, 0.1) is 6.04 Å². The highest BCUT2D eigenvalue weighted by Crippen LogP contribution is 2.42. The first kappa shape index (κ1) is 16.7. The third-order valence-corrected chi connectivity index (χ3v) is 4.24. The Kier molecular flexibility index (Phi) is 4.19. The average molecular weight is 329 g/mol. The normalized spacial score (nSPS) is 22.0. The lowest BCUT2D eigenvalue weighted by atomic mass is 9.99. The zero-order valence-corrected chi connectivity index (χ0v) is 14.4. The second kappa shape index (κ2) is 6.03. The number of hydrogen-bond acceptors (Lipinski definition) is 4. The van der Waals surface area contributed by atoms with Crippen molar-refractivity contribution in [1.29, 1.82) is 0 Å². The van der Waals surface area contributed by atoms with Gasteiger partial charge in [-0.3, -0.25) is 19.2 Å². The molecule has 1 saturated heterocycles. The van der Waals surface area contributed by atoms with E-state index in [2.05, 4.69) is 37.9 Å². The number of nitrogens with one attached hydrogen (secondary N) is 1. The van der Waals surface area contributed by atoms with Crippen LogP contribution in [0.4, 0.5) is 0 Å². The van der Waals surface area contributed by atoms with Gasteiger partial charge in [0.25, 0.3) is 5.56 Å². The van der Waals surface area contributed by atoms with Crippen molar-refractivity contribution in [1.82, 2.24) is 14.6 Å². The van der Waals surface area contributed by atoms with Crippen LogP contribution in [0.2, 0.25) is 0 Å². The molecule has 3 rings (SSSR count). The molecule has 0 saturated carbocycles. The van der Waals surface area contributed by atoms with Gasteiger partial charge in [-0.15, -0.1) is 0 Å². The topological polar surface area (TPSA) is 67.3 Å². The monoisotopic (exact) mass is 329 g/mol. The minimum atomic E-state index is -0.447. The molecule has 0 amide bonds. The molecule has 1 aromatic heterocycles. The summed E-state index contributed by atoms with van der Waals surface area (Å²) in [5.74, 6) is 0. The van der Waals surface area contributed by atoms with Gasteiger partial charge in [0.2, 0.25) is 0 Å². The van der Waals surface area contributed by atoms with E-state index in [1.807, 2.05) is 23.3 Å². The van der Waals surface area contributed by atoms with E-state index in [0.717, 1.165) is 5.56 Å². The number of H-pyrrole nitrogens is 1. The highest BCUT2D eigenvalue weighted by atomic mass is 16.7. The predicted molar refractivity (Wildman–Crippen MR) is 91.6 cm³/mol. The van der Waals surface area contributed by atoms with E-state index in [9.17, 15) is 9.59 Å². The number of benzene rings is 1. The lowest BCUT2D eigenvalue weighted by Crippen LogP contribution is -2.40. The van der Waals surface area contributed by atoms with E-state index in [0.29, 0.717) is 12.0 Å². The molecule has 6 heteroatoms. The summed E-state index contributed by atoms with van der Waals surface area (Å²) in [6, 6.07) is 10.1. The summed E-state index contributed by atoms with van der Waals surface area (Å²) in [4.78, 5) is 32.3. The average Bonchev–Trinajstić information content (AvgIpc) is 2.97. The fourth-order valence-corrected chi connectivity index (χ4v) is 3.07. The summed E-state index contributed by atoms with van der Waals surface area (Å²) in [5.41, 5.74) is 0.600. The van der Waals surface area contributed by atoms with E-state index in [1.165, 1.54) is 4.57 Å². The molecule has 1 aliphatic heterocycles. The van der Waals surface area contributed by atoms with E-state index in [4.69, 9.17) is 4.84 Å². The number of aryl methyl sites for hydroxylation is 1. The fraction of sp³-hybridized carbons (Fsp3) is 0.444. The number of nitrogens with zero attached hydrogens (tertiary/aromatic N) is 2. The van der Waals surface area contributed by atoms with Crippen molar-refractivity contribution in [3.05, 3.63) is 68.5 Å². The number of hydrogen-bond donors (Lipinski definition) is 1. The molecular formula is C18H23N3O3. The third kappa shape index (κ3) is 3.07. The van der Waals surface area contributed by atoms with Gasteiger partial charge in [-0.1, -0.05) is 30.3 Å². The molecule has 0 bridgehead atoms. The first-order valence-corrected chi connectivity index (χ1v) is 8.10. The van der Waals surface area contributed by atoms with Crippen molar-refractivity contribution in [2.45, 2.75) is 51.9 Å². The van der Waals surface area contributed by atoms with Crippen LogP contribution >= 0.6 is 0 Å². The Labute approximate surface area is 140 Å². The summed E-state index contributed by atoms with van der Waals surface area (Å²) in [6.07, 6.45) is 1.75. The molecule has 2 aromatic rings. The van der Waals surface area contributed by atoms with Crippen LogP contribution in [-0.4, -0.2) is 20.2 Å². The molecule has 0 unspecified atom stereocenters. The molecule has 2 atom stereocenters. The molecule has 1 aromatic carbocycles. The molecule has 0 aliphatic carbocycles. The zero-order valence-electron chi connectivity index (χ0n) is 14.4. The first-order valence-electron chi connectivity index (χ1n) is 8.10. The van der Waals surface area contributed by atoms with Crippen LogP contribution in [0.1, 0.15) is 50.6 Å². The van der Waals surface area contributed by atoms with Gasteiger partial charge in [-0.25, -0.2) is 4.79 Å². The van der Waals surface area contributed by atoms with Gasteiger partial charge in [0.1, 0.15) is 0 Å². The summed E-state index contributed by atoms with van der Waals surface area (Å²) < 4.78 is 1.47. The van der Waals surface area contributed by atoms with Gasteiger partial charge >= 0.3 is 5.69 Å². The Balaban J connectivity index is 2.00. The van der Waals surface area contributed by atoms with E-state index in [1.54, 1.807) is 13.1 Å². The minimum Gasteiger partial charge on any atom is -0.274 e. The fourth-order valence-electron chi connectivity index (χ4n) is 3.07. The van der Waals surface area contributed by atoms with Crippen molar-refractivity contribution in [2.24, 2.45) is 0 Å². The highest BCUT2D eigenvalue weighted by Gasteiger charge is 2.41. The predicted octanol–water partition coefficient (Wildman–Crippen LogP) is 2.52. The summed E-state index contributed by atoms with van der Waals surface area (Å²) in [5, 5.41) is 1.94. The second-order valence-electron chi connectivity index (χ2n) is 7.20. The Bertz CT molecular complexity index is 833.